The maximum atomic E-state index is 12.4. The Morgan fingerprint density at radius 2 is 1.85 bits per heavy atom. The Morgan fingerprint density at radius 3 is 2.30 bits per heavy atom. The zero-order chi connectivity index (χ0) is 15.0. The molecule has 0 saturated carbocycles. The maximum absolute atomic E-state index is 12.4. The molecule has 1 aromatic carbocycles. The minimum atomic E-state index is -0.205. The predicted octanol–water partition coefficient (Wildman–Crippen LogP) is 2.66. The van der Waals surface area contributed by atoms with Crippen molar-refractivity contribution >= 4 is 17.3 Å². The van der Waals surface area contributed by atoms with Crippen LogP contribution in [0.2, 0.25) is 0 Å². The van der Waals surface area contributed by atoms with Crippen LogP contribution < -0.4 is 11.1 Å². The van der Waals surface area contributed by atoms with Crippen LogP contribution in [-0.2, 0) is 4.79 Å². The number of nitrogen functional groups attached to an aromatic ring is 1. The Balaban J connectivity index is 2.76. The van der Waals surface area contributed by atoms with Gasteiger partial charge in [0.05, 0.1) is 6.04 Å². The van der Waals surface area contributed by atoms with Crippen molar-refractivity contribution in [1.82, 2.24) is 4.90 Å². The third-order valence-corrected chi connectivity index (χ3v) is 3.04. The summed E-state index contributed by atoms with van der Waals surface area (Å²) < 4.78 is 0. The summed E-state index contributed by atoms with van der Waals surface area (Å²) in [5.41, 5.74) is 7.05. The molecule has 0 heterocycles. The van der Waals surface area contributed by atoms with Gasteiger partial charge in [-0.15, -0.1) is 13.2 Å². The molecule has 1 rings (SSSR count). The van der Waals surface area contributed by atoms with Crippen LogP contribution in [0, 0.1) is 0 Å². The molecule has 0 aliphatic rings. The molecule has 0 aliphatic heterocycles. The summed E-state index contributed by atoms with van der Waals surface area (Å²) in [6.45, 7) is 10.8. The van der Waals surface area contributed by atoms with Crippen molar-refractivity contribution in [2.45, 2.75) is 19.4 Å². The van der Waals surface area contributed by atoms with Gasteiger partial charge in [-0.25, -0.2) is 0 Å². The number of hydrogen-bond acceptors (Lipinski definition) is 3. The molecule has 1 amide bonds. The molecule has 4 heteroatoms. The van der Waals surface area contributed by atoms with Gasteiger partial charge in [-0.1, -0.05) is 19.1 Å². The summed E-state index contributed by atoms with van der Waals surface area (Å²) in [6.07, 6.45) is 4.31. The first-order chi connectivity index (χ1) is 9.62. The number of nitrogens with one attached hydrogen (secondary N) is 1. The maximum Gasteiger partial charge on any atom is 0.241 e. The molecule has 1 atom stereocenters. The van der Waals surface area contributed by atoms with E-state index in [1.165, 1.54) is 0 Å². The fraction of sp³-hybridized carbons (Fsp3) is 0.312. The molecule has 4 nitrogen and oxygen atoms in total. The second-order valence-corrected chi connectivity index (χ2v) is 4.57. The van der Waals surface area contributed by atoms with Gasteiger partial charge in [-0.05, 0) is 30.7 Å². The average Bonchev–Trinajstić information content (AvgIpc) is 2.43. The Hall–Kier alpha value is -2.07. The molecular weight excluding hydrogens is 250 g/mol. The van der Waals surface area contributed by atoms with E-state index in [1.54, 1.807) is 36.4 Å². The number of anilines is 2. The van der Waals surface area contributed by atoms with E-state index in [9.17, 15) is 4.79 Å². The molecule has 1 unspecified atom stereocenters. The third kappa shape index (κ3) is 4.55. The summed E-state index contributed by atoms with van der Waals surface area (Å²) in [5.74, 6) is -0.0269. The molecular formula is C16H23N3O. The Labute approximate surface area is 121 Å². The Kier molecular flexibility index (Phi) is 6.53. The highest BCUT2D eigenvalue weighted by Gasteiger charge is 2.22. The monoisotopic (exact) mass is 273 g/mol. The van der Waals surface area contributed by atoms with Crippen LogP contribution in [-0.4, -0.2) is 29.9 Å². The van der Waals surface area contributed by atoms with Gasteiger partial charge in [0.2, 0.25) is 5.91 Å². The fourth-order valence-corrected chi connectivity index (χ4v) is 2.06. The minimum absolute atomic E-state index is 0.0269. The summed E-state index contributed by atoms with van der Waals surface area (Å²) in [6, 6.07) is 6.92. The third-order valence-electron chi connectivity index (χ3n) is 3.04. The normalized spacial score (nSPS) is 11.9. The highest BCUT2D eigenvalue weighted by atomic mass is 16.2. The van der Waals surface area contributed by atoms with Gasteiger partial charge < -0.3 is 11.1 Å². The summed E-state index contributed by atoms with van der Waals surface area (Å²) in [7, 11) is 0. The molecule has 0 spiro atoms. The zero-order valence-electron chi connectivity index (χ0n) is 12.0. The highest BCUT2D eigenvalue weighted by Crippen LogP contribution is 2.13. The molecule has 0 saturated heterocycles. The number of nitrogens with zero attached hydrogens (tertiary/aromatic N) is 1. The van der Waals surface area contributed by atoms with E-state index in [2.05, 4.69) is 18.5 Å². The molecule has 0 aliphatic carbocycles. The number of hydrogen-bond donors (Lipinski definition) is 2. The quantitative estimate of drug-likeness (QED) is 0.565. The fourth-order valence-electron chi connectivity index (χ4n) is 2.06. The molecule has 0 fully saturated rings. The largest absolute Gasteiger partial charge is 0.399 e. The van der Waals surface area contributed by atoms with Crippen molar-refractivity contribution in [1.29, 1.82) is 0 Å². The molecule has 0 radical (unpaired) electrons. The van der Waals surface area contributed by atoms with E-state index in [0.29, 0.717) is 18.8 Å². The summed E-state index contributed by atoms with van der Waals surface area (Å²) in [4.78, 5) is 14.4. The number of benzene rings is 1. The first-order valence-corrected chi connectivity index (χ1v) is 6.74. The highest BCUT2D eigenvalue weighted by molar-refractivity contribution is 5.94. The second-order valence-electron chi connectivity index (χ2n) is 4.57. The van der Waals surface area contributed by atoms with Crippen LogP contribution in [0.15, 0.2) is 49.6 Å². The van der Waals surface area contributed by atoms with Gasteiger partial charge in [0.1, 0.15) is 0 Å². The number of carbonyl (C=O) groups excluding carboxylic acids is 1. The first-order valence-electron chi connectivity index (χ1n) is 6.74. The van der Waals surface area contributed by atoms with E-state index < -0.39 is 0 Å². The van der Waals surface area contributed by atoms with Crippen LogP contribution in [0.25, 0.3) is 0 Å². The van der Waals surface area contributed by atoms with E-state index >= 15 is 0 Å². The SMILES string of the molecule is C=CCN(CC=C)C(CC)C(=O)Nc1ccc(N)cc1. The van der Waals surface area contributed by atoms with Crippen molar-refractivity contribution in [2.75, 3.05) is 24.1 Å². The van der Waals surface area contributed by atoms with Crippen LogP contribution in [0.5, 0.6) is 0 Å². The van der Waals surface area contributed by atoms with Gasteiger partial charge >= 0.3 is 0 Å². The first kappa shape index (κ1) is 16.0. The summed E-state index contributed by atoms with van der Waals surface area (Å²) in [5, 5.41) is 2.91. The van der Waals surface area contributed by atoms with Crippen molar-refractivity contribution in [3.8, 4) is 0 Å². The van der Waals surface area contributed by atoms with E-state index in [-0.39, 0.29) is 11.9 Å². The van der Waals surface area contributed by atoms with E-state index in [0.717, 1.165) is 12.1 Å². The van der Waals surface area contributed by atoms with Gasteiger partial charge in [-0.2, -0.15) is 0 Å². The van der Waals surface area contributed by atoms with Crippen molar-refractivity contribution in [2.24, 2.45) is 0 Å². The summed E-state index contributed by atoms with van der Waals surface area (Å²) >= 11 is 0. The smallest absolute Gasteiger partial charge is 0.241 e. The molecule has 0 aromatic heterocycles. The van der Waals surface area contributed by atoms with Crippen LogP contribution in [0.4, 0.5) is 11.4 Å². The van der Waals surface area contributed by atoms with Gasteiger partial charge in [-0.3, -0.25) is 9.69 Å². The standard InChI is InChI=1S/C16H23N3O/c1-4-11-19(12-5-2)15(6-3)16(20)18-14-9-7-13(17)8-10-14/h4-5,7-10,15H,1-2,6,11-12,17H2,3H3,(H,18,20). The van der Waals surface area contributed by atoms with Gasteiger partial charge in [0.25, 0.3) is 0 Å². The minimum Gasteiger partial charge on any atom is -0.399 e. The van der Waals surface area contributed by atoms with Crippen LogP contribution in [0.3, 0.4) is 0 Å². The number of carbonyl (C=O) groups is 1. The number of rotatable bonds is 8. The zero-order valence-corrected chi connectivity index (χ0v) is 12.0. The predicted molar refractivity (Wildman–Crippen MR) is 85.5 cm³/mol. The lowest BCUT2D eigenvalue weighted by molar-refractivity contribution is -0.121. The Bertz CT molecular complexity index is 443. The van der Waals surface area contributed by atoms with Gasteiger partial charge in [0.15, 0.2) is 0 Å². The van der Waals surface area contributed by atoms with E-state index in [1.807, 2.05) is 11.8 Å². The molecule has 20 heavy (non-hydrogen) atoms. The lowest BCUT2D eigenvalue weighted by atomic mass is 10.1. The Morgan fingerprint density at radius 1 is 1.30 bits per heavy atom. The van der Waals surface area contributed by atoms with Crippen LogP contribution in [0.1, 0.15) is 13.3 Å². The van der Waals surface area contributed by atoms with Crippen molar-refractivity contribution in [3.63, 3.8) is 0 Å². The van der Waals surface area contributed by atoms with Crippen molar-refractivity contribution < 1.29 is 4.79 Å². The van der Waals surface area contributed by atoms with Crippen LogP contribution >= 0.6 is 0 Å². The lowest BCUT2D eigenvalue weighted by Crippen LogP contribution is -2.43. The lowest BCUT2D eigenvalue weighted by Gasteiger charge is -2.28. The molecule has 1 aromatic rings. The second kappa shape index (κ2) is 8.17. The molecule has 3 N–H and O–H groups in total. The topological polar surface area (TPSA) is 58.4 Å². The van der Waals surface area contributed by atoms with Gasteiger partial charge in [0, 0.05) is 24.5 Å². The molecule has 0 bridgehead atoms. The van der Waals surface area contributed by atoms with E-state index in [4.69, 9.17) is 5.73 Å². The molecule has 108 valence electrons. The number of amides is 1. The average molecular weight is 273 g/mol. The van der Waals surface area contributed by atoms with Crippen molar-refractivity contribution in [3.05, 3.63) is 49.6 Å². The number of nitrogens with two attached hydrogens (primary N) is 1.